The molecule has 27 heavy (non-hydrogen) atoms. The summed E-state index contributed by atoms with van der Waals surface area (Å²) in [4.78, 5) is 24.4. The van der Waals surface area contributed by atoms with Crippen molar-refractivity contribution >= 4 is 12.1 Å². The molecule has 3 rings (SSSR count). The first-order valence-electron chi connectivity index (χ1n) is 8.43. The molecule has 138 valence electrons. The van der Waals surface area contributed by atoms with Gasteiger partial charge in [0, 0.05) is 5.69 Å². The van der Waals surface area contributed by atoms with Crippen LogP contribution in [0.15, 0.2) is 64.5 Å². The first kappa shape index (κ1) is 18.2. The SMILES string of the molecule is Cc1ccccc1OCC(=O)N/N=C\c1c(C)[nH]n(-c2ccccc2)c1=O. The number of ether oxygens (including phenoxy) is 1. The summed E-state index contributed by atoms with van der Waals surface area (Å²) in [5.41, 5.74) is 4.82. The van der Waals surface area contributed by atoms with Crippen LogP contribution in [0.5, 0.6) is 5.75 Å². The minimum atomic E-state index is -0.411. The first-order valence-corrected chi connectivity index (χ1v) is 8.43. The summed E-state index contributed by atoms with van der Waals surface area (Å²) in [6.07, 6.45) is 1.33. The molecule has 0 aliphatic rings. The fourth-order valence-corrected chi connectivity index (χ4v) is 2.53. The number of rotatable bonds is 6. The van der Waals surface area contributed by atoms with E-state index < -0.39 is 5.91 Å². The van der Waals surface area contributed by atoms with Gasteiger partial charge in [0.2, 0.25) is 0 Å². The Morgan fingerprint density at radius 2 is 1.85 bits per heavy atom. The quantitative estimate of drug-likeness (QED) is 0.520. The lowest BCUT2D eigenvalue weighted by molar-refractivity contribution is -0.123. The van der Waals surface area contributed by atoms with Crippen LogP contribution in [0.4, 0.5) is 0 Å². The fourth-order valence-electron chi connectivity index (χ4n) is 2.53. The number of hydrogen-bond donors (Lipinski definition) is 2. The summed E-state index contributed by atoms with van der Waals surface area (Å²) < 4.78 is 6.88. The van der Waals surface area contributed by atoms with Gasteiger partial charge in [-0.25, -0.2) is 10.1 Å². The minimum absolute atomic E-state index is 0.164. The highest BCUT2D eigenvalue weighted by molar-refractivity contribution is 5.83. The number of para-hydroxylation sites is 2. The van der Waals surface area contributed by atoms with Gasteiger partial charge >= 0.3 is 0 Å². The van der Waals surface area contributed by atoms with Crippen molar-refractivity contribution in [2.75, 3.05) is 6.61 Å². The van der Waals surface area contributed by atoms with Crippen LogP contribution in [-0.4, -0.2) is 28.5 Å². The molecule has 0 saturated heterocycles. The van der Waals surface area contributed by atoms with E-state index >= 15 is 0 Å². The number of aromatic nitrogens is 2. The molecule has 0 unspecified atom stereocenters. The number of aryl methyl sites for hydroxylation is 2. The van der Waals surface area contributed by atoms with Gasteiger partial charge in [0.1, 0.15) is 5.75 Å². The molecule has 0 radical (unpaired) electrons. The molecule has 3 aromatic rings. The molecule has 0 fully saturated rings. The second-order valence-corrected chi connectivity index (χ2v) is 5.97. The maximum absolute atomic E-state index is 12.5. The molecular formula is C20H20N4O3. The van der Waals surface area contributed by atoms with Crippen LogP contribution in [0.1, 0.15) is 16.8 Å². The van der Waals surface area contributed by atoms with Gasteiger partial charge in [0.05, 0.1) is 17.5 Å². The molecule has 1 amide bonds. The summed E-state index contributed by atoms with van der Waals surface area (Å²) in [5, 5.41) is 6.86. The third-order valence-corrected chi connectivity index (χ3v) is 3.97. The van der Waals surface area contributed by atoms with Crippen molar-refractivity contribution in [3.63, 3.8) is 0 Å². The predicted molar refractivity (Wildman–Crippen MR) is 104 cm³/mol. The normalized spacial score (nSPS) is 10.9. The molecule has 1 aromatic heterocycles. The van der Waals surface area contributed by atoms with Gasteiger partial charge in [0.25, 0.3) is 11.5 Å². The Morgan fingerprint density at radius 3 is 2.59 bits per heavy atom. The number of nitrogens with zero attached hydrogens (tertiary/aromatic N) is 2. The maximum Gasteiger partial charge on any atom is 0.280 e. The van der Waals surface area contributed by atoms with Gasteiger partial charge < -0.3 is 4.74 Å². The third kappa shape index (κ3) is 4.33. The zero-order chi connectivity index (χ0) is 19.2. The van der Waals surface area contributed by atoms with Crippen molar-refractivity contribution in [3.05, 3.63) is 81.8 Å². The number of H-pyrrole nitrogens is 1. The van der Waals surface area contributed by atoms with Gasteiger partial charge in [-0.2, -0.15) is 5.10 Å². The van der Waals surface area contributed by atoms with E-state index in [2.05, 4.69) is 15.6 Å². The van der Waals surface area contributed by atoms with Crippen molar-refractivity contribution in [2.45, 2.75) is 13.8 Å². The molecule has 0 aliphatic carbocycles. The van der Waals surface area contributed by atoms with Gasteiger partial charge in [-0.3, -0.25) is 14.7 Å². The number of benzene rings is 2. The Kier molecular flexibility index (Phi) is 5.51. The van der Waals surface area contributed by atoms with Gasteiger partial charge in [-0.1, -0.05) is 36.4 Å². The lowest BCUT2D eigenvalue weighted by Crippen LogP contribution is -2.25. The van der Waals surface area contributed by atoms with E-state index in [9.17, 15) is 9.59 Å². The van der Waals surface area contributed by atoms with Gasteiger partial charge in [0.15, 0.2) is 6.61 Å². The maximum atomic E-state index is 12.5. The lowest BCUT2D eigenvalue weighted by atomic mass is 10.2. The van der Waals surface area contributed by atoms with E-state index in [4.69, 9.17) is 4.74 Å². The van der Waals surface area contributed by atoms with Crippen molar-refractivity contribution < 1.29 is 9.53 Å². The zero-order valence-corrected chi connectivity index (χ0v) is 15.1. The van der Waals surface area contributed by atoms with Crippen molar-refractivity contribution in [2.24, 2.45) is 5.10 Å². The number of carbonyl (C=O) groups is 1. The van der Waals surface area contributed by atoms with Crippen LogP contribution in [0.2, 0.25) is 0 Å². The smallest absolute Gasteiger partial charge is 0.280 e. The van der Waals surface area contributed by atoms with Crippen LogP contribution >= 0.6 is 0 Å². The number of hydrogen-bond acceptors (Lipinski definition) is 4. The lowest BCUT2D eigenvalue weighted by Gasteiger charge is -2.07. The molecule has 1 heterocycles. The second-order valence-electron chi connectivity index (χ2n) is 5.97. The second kappa shape index (κ2) is 8.18. The fraction of sp³-hybridized carbons (Fsp3) is 0.150. The standard InChI is InChI=1S/C20H20N4O3/c1-14-8-6-7-11-18(14)27-13-19(25)22-21-12-17-15(2)23-24(20(17)26)16-9-4-3-5-10-16/h3-12,23H,13H2,1-2H3,(H,22,25)/b21-12-. The largest absolute Gasteiger partial charge is 0.483 e. The van der Waals surface area contributed by atoms with Gasteiger partial charge in [-0.15, -0.1) is 0 Å². The monoisotopic (exact) mass is 364 g/mol. The molecule has 0 bridgehead atoms. The Bertz CT molecular complexity index is 1020. The zero-order valence-electron chi connectivity index (χ0n) is 15.1. The van der Waals surface area contributed by atoms with Crippen molar-refractivity contribution in [3.8, 4) is 11.4 Å². The molecule has 7 heteroatoms. The van der Waals surface area contributed by atoms with E-state index in [1.807, 2.05) is 55.5 Å². The predicted octanol–water partition coefficient (Wildman–Crippen LogP) is 2.31. The number of amides is 1. The van der Waals surface area contributed by atoms with Crippen LogP contribution in [0.25, 0.3) is 5.69 Å². The Morgan fingerprint density at radius 1 is 1.15 bits per heavy atom. The third-order valence-electron chi connectivity index (χ3n) is 3.97. The molecule has 0 atom stereocenters. The highest BCUT2D eigenvalue weighted by atomic mass is 16.5. The average molecular weight is 364 g/mol. The van der Waals surface area contributed by atoms with E-state index in [0.717, 1.165) is 11.3 Å². The molecule has 2 aromatic carbocycles. The van der Waals surface area contributed by atoms with Crippen molar-refractivity contribution in [1.82, 2.24) is 15.2 Å². The van der Waals surface area contributed by atoms with Crippen LogP contribution in [0, 0.1) is 13.8 Å². The molecule has 0 aliphatic heterocycles. The Hall–Kier alpha value is -3.61. The summed E-state index contributed by atoms with van der Waals surface area (Å²) >= 11 is 0. The van der Waals surface area contributed by atoms with Gasteiger partial charge in [-0.05, 0) is 37.6 Å². The summed E-state index contributed by atoms with van der Waals surface area (Å²) in [7, 11) is 0. The minimum Gasteiger partial charge on any atom is -0.483 e. The molecule has 2 N–H and O–H groups in total. The highest BCUT2D eigenvalue weighted by Gasteiger charge is 2.10. The highest BCUT2D eigenvalue weighted by Crippen LogP contribution is 2.15. The first-order chi connectivity index (χ1) is 13.1. The number of hydrazone groups is 1. The molecule has 0 spiro atoms. The summed E-state index contributed by atoms with van der Waals surface area (Å²) in [6.45, 7) is 3.51. The molecular weight excluding hydrogens is 344 g/mol. The average Bonchev–Trinajstić information content (AvgIpc) is 2.96. The molecule has 7 nitrogen and oxygen atoms in total. The van der Waals surface area contributed by atoms with Crippen LogP contribution in [0.3, 0.4) is 0 Å². The molecule has 0 saturated carbocycles. The number of aromatic amines is 1. The summed E-state index contributed by atoms with van der Waals surface area (Å²) in [6, 6.07) is 16.6. The topological polar surface area (TPSA) is 88.5 Å². The van der Waals surface area contributed by atoms with E-state index in [0.29, 0.717) is 17.0 Å². The summed E-state index contributed by atoms with van der Waals surface area (Å²) in [5.74, 6) is 0.231. The van der Waals surface area contributed by atoms with E-state index in [-0.39, 0.29) is 12.2 Å². The van der Waals surface area contributed by atoms with E-state index in [1.54, 1.807) is 13.0 Å². The Balaban J connectivity index is 1.63. The Labute approximate surface area is 156 Å². The van der Waals surface area contributed by atoms with Crippen molar-refractivity contribution in [1.29, 1.82) is 0 Å². The number of nitrogens with one attached hydrogen (secondary N) is 2. The number of carbonyl (C=O) groups excluding carboxylic acids is 1. The van der Waals surface area contributed by atoms with Crippen LogP contribution < -0.4 is 15.7 Å². The van der Waals surface area contributed by atoms with Crippen LogP contribution in [-0.2, 0) is 4.79 Å². The van der Waals surface area contributed by atoms with E-state index in [1.165, 1.54) is 10.9 Å².